The molecular formula is C10H12N4O6S2. The lowest BCUT2D eigenvalue weighted by molar-refractivity contribution is 0.469. The van der Waals surface area contributed by atoms with Gasteiger partial charge in [-0.25, -0.2) is 0 Å². The summed E-state index contributed by atoms with van der Waals surface area (Å²) in [5.41, 5.74) is 0. The summed E-state index contributed by atoms with van der Waals surface area (Å²) >= 11 is 0. The molecule has 0 radical (unpaired) electrons. The second-order valence-electron chi connectivity index (χ2n) is 3.92. The summed E-state index contributed by atoms with van der Waals surface area (Å²) in [6.07, 6.45) is 0. The molecule has 0 fully saturated rings. The van der Waals surface area contributed by atoms with E-state index in [1.54, 1.807) is 12.1 Å². The van der Waals surface area contributed by atoms with Crippen molar-refractivity contribution in [2.24, 2.45) is 11.7 Å². The average Bonchev–Trinajstić information content (AvgIpc) is 2.49. The maximum atomic E-state index is 11.4. The first-order chi connectivity index (χ1) is 10.3. The molecule has 0 spiro atoms. The fourth-order valence-corrected chi connectivity index (χ4v) is 2.53. The Balaban J connectivity index is 2.57. The van der Waals surface area contributed by atoms with Crippen LogP contribution in [0.5, 0.6) is 11.5 Å². The summed E-state index contributed by atoms with van der Waals surface area (Å²) in [4.78, 5) is 3.03. The van der Waals surface area contributed by atoms with E-state index in [2.05, 4.69) is 0 Å². The van der Waals surface area contributed by atoms with Crippen LogP contribution >= 0.6 is 0 Å². The van der Waals surface area contributed by atoms with Gasteiger partial charge in [-0.3, -0.25) is 11.7 Å². The Morgan fingerprint density at radius 3 is 1.41 bits per heavy atom. The minimum Gasteiger partial charge on any atom is -0.369 e. The zero-order valence-electron chi connectivity index (χ0n) is 10.9. The molecule has 6 N–H and O–H groups in total. The molecule has 2 aromatic carbocycles. The smallest absolute Gasteiger partial charge is 0.369 e. The second kappa shape index (κ2) is 6.04. The molecule has 2 rings (SSSR count). The lowest BCUT2D eigenvalue weighted by Gasteiger charge is -2.12. The summed E-state index contributed by atoms with van der Waals surface area (Å²) < 4.78 is 55.0. The molecule has 0 unspecified atom stereocenters. The molecule has 10 nitrogen and oxygen atoms in total. The maximum absolute atomic E-state index is 11.4. The maximum Gasteiger partial charge on any atom is 0.395 e. The molecule has 0 saturated heterocycles. The van der Waals surface area contributed by atoms with Gasteiger partial charge in [0.2, 0.25) is 0 Å². The Kier molecular flexibility index (Phi) is 4.50. The first-order valence-corrected chi connectivity index (χ1v) is 8.45. The summed E-state index contributed by atoms with van der Waals surface area (Å²) in [5.74, 6) is 9.57. The van der Waals surface area contributed by atoms with Crippen LogP contribution in [0.25, 0.3) is 10.8 Å². The van der Waals surface area contributed by atoms with Crippen molar-refractivity contribution < 1.29 is 25.2 Å². The highest BCUT2D eigenvalue weighted by molar-refractivity contribution is 7.85. The van der Waals surface area contributed by atoms with Crippen LogP contribution in [0.2, 0.25) is 0 Å². The van der Waals surface area contributed by atoms with Crippen molar-refractivity contribution in [2.75, 3.05) is 0 Å². The minimum atomic E-state index is -4.18. The number of fused-ring (bicyclic) bond motifs is 1. The number of nitrogens with two attached hydrogens (primary N) is 2. The third kappa shape index (κ3) is 3.62. The summed E-state index contributed by atoms with van der Waals surface area (Å²) in [7, 11) is -8.36. The number of nitrogens with one attached hydrogen (secondary N) is 2. The van der Waals surface area contributed by atoms with Gasteiger partial charge in [-0.1, -0.05) is 24.3 Å². The van der Waals surface area contributed by atoms with Gasteiger partial charge < -0.3 is 8.37 Å². The lowest BCUT2D eigenvalue weighted by Crippen LogP contribution is -2.34. The van der Waals surface area contributed by atoms with Crippen molar-refractivity contribution in [1.82, 2.24) is 9.66 Å². The third-order valence-corrected chi connectivity index (χ3v) is 3.91. The fraction of sp³-hybridized carbons (Fsp3) is 0. The Morgan fingerprint density at radius 1 is 0.727 bits per heavy atom. The molecule has 2 aromatic rings. The van der Waals surface area contributed by atoms with Gasteiger partial charge in [-0.05, 0) is 12.1 Å². The van der Waals surface area contributed by atoms with Crippen LogP contribution in [0.15, 0.2) is 36.4 Å². The van der Waals surface area contributed by atoms with Crippen molar-refractivity contribution >= 4 is 31.4 Å². The van der Waals surface area contributed by atoms with Gasteiger partial charge >= 0.3 is 20.6 Å². The molecule has 0 aliphatic heterocycles. The first kappa shape index (κ1) is 16.4. The van der Waals surface area contributed by atoms with Gasteiger partial charge in [0.25, 0.3) is 0 Å². The molecule has 0 atom stereocenters. The van der Waals surface area contributed by atoms with Crippen molar-refractivity contribution in [3.05, 3.63) is 36.4 Å². The molecule has 0 amide bonds. The molecule has 120 valence electrons. The normalized spacial score (nSPS) is 12.3. The van der Waals surface area contributed by atoms with Gasteiger partial charge in [-0.15, -0.1) is 9.66 Å². The van der Waals surface area contributed by atoms with E-state index in [4.69, 9.17) is 20.1 Å². The monoisotopic (exact) mass is 348 g/mol. The molecule has 0 aliphatic rings. The summed E-state index contributed by atoms with van der Waals surface area (Å²) in [6, 6.07) is 8.70. The SMILES string of the molecule is NNS(=O)(=O)Oc1ccc(OS(=O)(=O)NN)c2ccccc12. The number of hydrazine groups is 2. The zero-order chi connectivity index (χ0) is 16.4. The third-order valence-electron chi connectivity index (χ3n) is 2.53. The summed E-state index contributed by atoms with van der Waals surface area (Å²) in [5, 5.41) is 0.595. The predicted molar refractivity (Wildman–Crippen MR) is 77.7 cm³/mol. The topological polar surface area (TPSA) is 163 Å². The molecule has 0 aromatic heterocycles. The van der Waals surface area contributed by atoms with Crippen molar-refractivity contribution in [3.8, 4) is 11.5 Å². The van der Waals surface area contributed by atoms with E-state index in [-0.39, 0.29) is 11.5 Å². The van der Waals surface area contributed by atoms with Crippen LogP contribution in [0.4, 0.5) is 0 Å². The molecule has 0 heterocycles. The average molecular weight is 348 g/mol. The molecule has 0 bridgehead atoms. The van der Waals surface area contributed by atoms with E-state index in [9.17, 15) is 16.8 Å². The van der Waals surface area contributed by atoms with Gasteiger partial charge in [0.15, 0.2) is 11.5 Å². The van der Waals surface area contributed by atoms with E-state index < -0.39 is 20.6 Å². The molecular weight excluding hydrogens is 336 g/mol. The minimum absolute atomic E-state index is 0.0565. The molecule has 22 heavy (non-hydrogen) atoms. The Labute approximate surface area is 126 Å². The van der Waals surface area contributed by atoms with Gasteiger partial charge in [0.1, 0.15) is 0 Å². The van der Waals surface area contributed by atoms with E-state index in [0.717, 1.165) is 0 Å². The highest BCUT2D eigenvalue weighted by Crippen LogP contribution is 2.34. The highest BCUT2D eigenvalue weighted by atomic mass is 32.2. The van der Waals surface area contributed by atoms with E-state index in [1.807, 2.05) is 0 Å². The predicted octanol–water partition coefficient (Wildman–Crippen LogP) is -0.986. The number of benzene rings is 2. The molecule has 0 aliphatic carbocycles. The van der Waals surface area contributed by atoms with Crippen LogP contribution in [-0.4, -0.2) is 16.8 Å². The Morgan fingerprint density at radius 2 is 1.09 bits per heavy atom. The second-order valence-corrected chi connectivity index (χ2v) is 6.54. The Bertz CT molecular complexity index is 822. The number of rotatable bonds is 6. The number of hydrogen-bond donors (Lipinski definition) is 4. The lowest BCUT2D eigenvalue weighted by atomic mass is 10.1. The van der Waals surface area contributed by atoms with E-state index in [0.29, 0.717) is 10.8 Å². The fourth-order valence-electron chi connectivity index (χ4n) is 1.67. The van der Waals surface area contributed by atoms with Crippen LogP contribution in [0, 0.1) is 0 Å². The van der Waals surface area contributed by atoms with Crippen LogP contribution < -0.4 is 29.7 Å². The van der Waals surface area contributed by atoms with E-state index >= 15 is 0 Å². The van der Waals surface area contributed by atoms with Crippen LogP contribution in [0.1, 0.15) is 0 Å². The first-order valence-electron chi connectivity index (χ1n) is 5.63. The largest absolute Gasteiger partial charge is 0.395 e. The van der Waals surface area contributed by atoms with Crippen LogP contribution in [-0.2, 0) is 20.6 Å². The van der Waals surface area contributed by atoms with Crippen molar-refractivity contribution in [2.45, 2.75) is 0 Å². The highest BCUT2D eigenvalue weighted by Gasteiger charge is 2.17. The van der Waals surface area contributed by atoms with Crippen molar-refractivity contribution in [3.63, 3.8) is 0 Å². The number of hydrogen-bond acceptors (Lipinski definition) is 8. The van der Waals surface area contributed by atoms with Gasteiger partial charge in [0, 0.05) is 10.8 Å². The Hall–Kier alpha value is -1.96. The van der Waals surface area contributed by atoms with Crippen molar-refractivity contribution in [1.29, 1.82) is 0 Å². The molecule has 0 saturated carbocycles. The zero-order valence-corrected chi connectivity index (χ0v) is 12.5. The van der Waals surface area contributed by atoms with E-state index in [1.165, 1.54) is 33.9 Å². The quantitative estimate of drug-likeness (QED) is 0.382. The van der Waals surface area contributed by atoms with Crippen LogP contribution in [0.3, 0.4) is 0 Å². The standard InChI is InChI=1S/C10H12N4O6S2/c11-13-21(15,16)19-9-5-6-10(20-22(17,18)14-12)8-4-2-1-3-7(8)9/h1-6,13-14H,11-12H2. The molecule has 12 heteroatoms. The van der Waals surface area contributed by atoms with Gasteiger partial charge in [-0.2, -0.15) is 16.8 Å². The summed E-state index contributed by atoms with van der Waals surface area (Å²) in [6.45, 7) is 0. The van der Waals surface area contributed by atoms with Gasteiger partial charge in [0.05, 0.1) is 0 Å².